The quantitative estimate of drug-likeness (QED) is 0.613. The van der Waals surface area contributed by atoms with Gasteiger partial charge < -0.3 is 0 Å². The van der Waals surface area contributed by atoms with Gasteiger partial charge in [-0.2, -0.15) is 0 Å². The Morgan fingerprint density at radius 1 is 1.24 bits per heavy atom. The van der Waals surface area contributed by atoms with Gasteiger partial charge in [0.1, 0.15) is 0 Å². The average molecular weight is 342 g/mol. The fraction of sp³-hybridized carbons (Fsp3) is 0.538. The maximum absolute atomic E-state index is 11.8. The van der Waals surface area contributed by atoms with Crippen LogP contribution in [0.15, 0.2) is 18.3 Å². The molecule has 4 heteroatoms. The first kappa shape index (κ1) is 14.5. The van der Waals surface area contributed by atoms with Crippen LogP contribution in [0, 0.1) is 0 Å². The maximum atomic E-state index is 11.8. The monoisotopic (exact) mass is 343 g/mol. The zero-order valence-electron chi connectivity index (χ0n) is 11.5. The standard InChI is InChI=1S/C10H12NO2.3CH3.Sn/c1-10(2,3)13-9(12)8-6-4-5-7-11-8;;;;/h4,6-7H,1-3H3;3*1H3;. The average Bonchev–Trinajstić information content (AvgIpc) is 2.14. The van der Waals surface area contributed by atoms with Crippen LogP contribution in [0.4, 0.5) is 0 Å². The van der Waals surface area contributed by atoms with Gasteiger partial charge in [-0.25, -0.2) is 0 Å². The third-order valence-corrected chi connectivity index (χ3v) is 8.03. The van der Waals surface area contributed by atoms with Crippen LogP contribution in [0.25, 0.3) is 0 Å². The minimum atomic E-state index is -2.07. The van der Waals surface area contributed by atoms with Gasteiger partial charge in [0.15, 0.2) is 0 Å². The van der Waals surface area contributed by atoms with Gasteiger partial charge in [-0.05, 0) is 0 Å². The van der Waals surface area contributed by atoms with Gasteiger partial charge in [0.25, 0.3) is 0 Å². The summed E-state index contributed by atoms with van der Waals surface area (Å²) >= 11 is -2.07. The topological polar surface area (TPSA) is 39.2 Å². The van der Waals surface area contributed by atoms with Crippen molar-refractivity contribution in [1.29, 1.82) is 0 Å². The Labute approximate surface area is 107 Å². The van der Waals surface area contributed by atoms with E-state index in [9.17, 15) is 4.79 Å². The first-order chi connectivity index (χ1) is 7.59. The van der Waals surface area contributed by atoms with Crippen molar-refractivity contribution < 1.29 is 9.53 Å². The van der Waals surface area contributed by atoms with E-state index in [1.54, 1.807) is 6.07 Å². The number of carbonyl (C=O) groups excluding carboxylic acids is 1. The number of aromatic nitrogens is 1. The fourth-order valence-electron chi connectivity index (χ4n) is 1.29. The second-order valence-corrected chi connectivity index (χ2v) is 20.7. The molecule has 1 aromatic heterocycles. The molecule has 0 aromatic carbocycles. The summed E-state index contributed by atoms with van der Waals surface area (Å²) in [6.45, 7) is 5.56. The molecule has 0 N–H and O–H groups in total. The summed E-state index contributed by atoms with van der Waals surface area (Å²) in [4.78, 5) is 22.9. The van der Waals surface area contributed by atoms with Crippen molar-refractivity contribution in [3.63, 3.8) is 0 Å². The molecule has 0 amide bonds. The number of carbonyl (C=O) groups is 1. The molecule has 0 saturated heterocycles. The Bertz CT molecular complexity index is 399. The van der Waals surface area contributed by atoms with Gasteiger partial charge in [0.2, 0.25) is 0 Å². The van der Waals surface area contributed by atoms with E-state index in [1.807, 2.05) is 33.0 Å². The molecule has 3 nitrogen and oxygen atoms in total. The zero-order chi connectivity index (χ0) is 13.3. The number of nitrogens with zero attached hydrogens (tertiary/aromatic N) is 1. The molecule has 0 spiro atoms. The van der Waals surface area contributed by atoms with E-state index in [1.165, 1.54) is 3.58 Å². The zero-order valence-corrected chi connectivity index (χ0v) is 14.3. The summed E-state index contributed by atoms with van der Waals surface area (Å²) in [6.07, 6.45) is 1.83. The van der Waals surface area contributed by atoms with E-state index < -0.39 is 24.0 Å². The summed E-state index contributed by atoms with van der Waals surface area (Å²) in [5.74, 6) is -0.354. The fourth-order valence-corrected chi connectivity index (χ4v) is 4.24. The second kappa shape index (κ2) is 4.96. The van der Waals surface area contributed by atoms with Gasteiger partial charge in [-0.15, -0.1) is 0 Å². The Hall–Kier alpha value is -0.581. The molecule has 17 heavy (non-hydrogen) atoms. The van der Waals surface area contributed by atoms with Crippen molar-refractivity contribution in [2.45, 2.75) is 41.2 Å². The van der Waals surface area contributed by atoms with Crippen LogP contribution in [0.1, 0.15) is 31.3 Å². The van der Waals surface area contributed by atoms with Crippen LogP contribution >= 0.6 is 0 Å². The van der Waals surface area contributed by atoms with Crippen LogP contribution in [0.2, 0.25) is 14.8 Å². The SMILES string of the molecule is CC(C)(C)OC(=O)c1cc[c]([Sn]([CH3])([CH3])[CH3])cn1. The normalized spacial score (nSPS) is 12.4. The number of hydrogen-bond donors (Lipinski definition) is 0. The molecule has 1 aromatic rings. The Morgan fingerprint density at radius 3 is 2.18 bits per heavy atom. The van der Waals surface area contributed by atoms with E-state index in [0.29, 0.717) is 5.69 Å². The number of ether oxygens (including phenoxy) is 1. The third-order valence-electron chi connectivity index (χ3n) is 2.24. The molecule has 0 aliphatic heterocycles. The van der Waals surface area contributed by atoms with E-state index in [2.05, 4.69) is 19.8 Å². The predicted octanol–water partition coefficient (Wildman–Crippen LogP) is 2.58. The summed E-state index contributed by atoms with van der Waals surface area (Å²) in [5, 5.41) is 0. The Balaban J connectivity index is 2.85. The van der Waals surface area contributed by atoms with Crippen molar-refractivity contribution in [1.82, 2.24) is 4.98 Å². The van der Waals surface area contributed by atoms with Crippen molar-refractivity contribution in [2.75, 3.05) is 0 Å². The van der Waals surface area contributed by atoms with Crippen molar-refractivity contribution >= 4 is 27.9 Å². The summed E-state index contributed by atoms with van der Waals surface area (Å²) < 4.78 is 6.58. The van der Waals surface area contributed by atoms with Gasteiger partial charge >= 0.3 is 108 Å². The molecule has 0 bridgehead atoms. The minimum absolute atomic E-state index is 0.354. The first-order valence-corrected chi connectivity index (χ1v) is 15.8. The molecular formula is C13H21NO2Sn. The Kier molecular flexibility index (Phi) is 4.23. The molecule has 0 unspecified atom stereocenters. The van der Waals surface area contributed by atoms with Gasteiger partial charge in [-0.1, -0.05) is 0 Å². The summed E-state index contributed by atoms with van der Waals surface area (Å²) in [6, 6.07) is 3.79. The van der Waals surface area contributed by atoms with Gasteiger partial charge in [-0.3, -0.25) is 0 Å². The van der Waals surface area contributed by atoms with Gasteiger partial charge in [0.05, 0.1) is 0 Å². The number of esters is 1. The van der Waals surface area contributed by atoms with E-state index >= 15 is 0 Å². The molecule has 0 radical (unpaired) electrons. The molecule has 0 saturated carbocycles. The molecule has 1 heterocycles. The first-order valence-electron chi connectivity index (χ1n) is 5.79. The molecule has 0 atom stereocenters. The van der Waals surface area contributed by atoms with Crippen molar-refractivity contribution in [2.24, 2.45) is 0 Å². The molecule has 0 aliphatic carbocycles. The van der Waals surface area contributed by atoms with Crippen LogP contribution in [-0.2, 0) is 4.74 Å². The number of pyridine rings is 1. The van der Waals surface area contributed by atoms with Crippen LogP contribution in [0.5, 0.6) is 0 Å². The molecule has 94 valence electrons. The van der Waals surface area contributed by atoms with Crippen molar-refractivity contribution in [3.8, 4) is 0 Å². The predicted molar refractivity (Wildman–Crippen MR) is 72.4 cm³/mol. The van der Waals surface area contributed by atoms with Crippen LogP contribution in [0.3, 0.4) is 0 Å². The molecule has 0 aliphatic rings. The van der Waals surface area contributed by atoms with Crippen LogP contribution in [-0.4, -0.2) is 34.9 Å². The van der Waals surface area contributed by atoms with Crippen molar-refractivity contribution in [3.05, 3.63) is 24.0 Å². The van der Waals surface area contributed by atoms with E-state index in [4.69, 9.17) is 4.74 Å². The Morgan fingerprint density at radius 2 is 1.82 bits per heavy atom. The second-order valence-electron chi connectivity index (χ2n) is 6.18. The number of rotatable bonds is 2. The van der Waals surface area contributed by atoms with Crippen LogP contribution < -0.4 is 3.58 Å². The summed E-state index contributed by atoms with van der Waals surface area (Å²) in [7, 11) is 0. The molecule has 0 fully saturated rings. The third kappa shape index (κ3) is 4.66. The van der Waals surface area contributed by atoms with E-state index in [-0.39, 0.29) is 5.97 Å². The van der Waals surface area contributed by atoms with E-state index in [0.717, 1.165) is 0 Å². The molecule has 1 rings (SSSR count). The molecular weight excluding hydrogens is 321 g/mol. The van der Waals surface area contributed by atoms with Gasteiger partial charge in [0, 0.05) is 0 Å². The summed E-state index contributed by atoms with van der Waals surface area (Å²) in [5.41, 5.74) is -0.0834. The number of hydrogen-bond acceptors (Lipinski definition) is 3.